The van der Waals surface area contributed by atoms with Gasteiger partial charge in [0.25, 0.3) is 5.91 Å². The Morgan fingerprint density at radius 2 is 1.77 bits per heavy atom. The summed E-state index contributed by atoms with van der Waals surface area (Å²) < 4.78 is 17.4. The minimum absolute atomic E-state index is 0.0510. The van der Waals surface area contributed by atoms with Crippen molar-refractivity contribution in [2.75, 3.05) is 12.4 Å². The summed E-state index contributed by atoms with van der Waals surface area (Å²) in [5, 5.41) is 3.54. The first-order valence-corrected chi connectivity index (χ1v) is 11.6. The highest BCUT2D eigenvalue weighted by Crippen LogP contribution is 2.36. The number of anilines is 1. The lowest BCUT2D eigenvalue weighted by Crippen LogP contribution is -2.42. The third-order valence-electron chi connectivity index (χ3n) is 6.33. The van der Waals surface area contributed by atoms with E-state index in [4.69, 9.17) is 13.9 Å². The summed E-state index contributed by atoms with van der Waals surface area (Å²) in [6, 6.07) is 23.3. The van der Waals surface area contributed by atoms with Crippen molar-refractivity contribution in [2.24, 2.45) is 0 Å². The molecule has 35 heavy (non-hydrogen) atoms. The van der Waals surface area contributed by atoms with Gasteiger partial charge >= 0.3 is 0 Å². The SMILES string of the molecule is COc1ccc([C@H]2Nc3ccccc3C(=O)N2Cc2ccco2)cc1COc1c(C)cccc1C. The number of para-hydroxylation sites is 2. The van der Waals surface area contributed by atoms with Gasteiger partial charge in [0, 0.05) is 11.3 Å². The van der Waals surface area contributed by atoms with Gasteiger partial charge in [-0.25, -0.2) is 0 Å². The summed E-state index contributed by atoms with van der Waals surface area (Å²) >= 11 is 0. The van der Waals surface area contributed by atoms with Crippen molar-refractivity contribution < 1.29 is 18.7 Å². The first-order chi connectivity index (χ1) is 17.0. The van der Waals surface area contributed by atoms with Gasteiger partial charge in [0.1, 0.15) is 30.0 Å². The lowest BCUT2D eigenvalue weighted by molar-refractivity contribution is 0.0651. The number of carbonyl (C=O) groups excluding carboxylic acids is 1. The van der Waals surface area contributed by atoms with Gasteiger partial charge in [-0.1, -0.05) is 36.4 Å². The van der Waals surface area contributed by atoms with Crippen molar-refractivity contribution >= 4 is 11.6 Å². The zero-order valence-corrected chi connectivity index (χ0v) is 20.1. The Morgan fingerprint density at radius 3 is 2.51 bits per heavy atom. The maximum atomic E-state index is 13.5. The topological polar surface area (TPSA) is 63.9 Å². The zero-order valence-electron chi connectivity index (χ0n) is 20.1. The highest BCUT2D eigenvalue weighted by molar-refractivity contribution is 6.01. The molecule has 4 aromatic rings. The third-order valence-corrected chi connectivity index (χ3v) is 6.33. The summed E-state index contributed by atoms with van der Waals surface area (Å²) in [5.74, 6) is 2.28. The molecule has 178 valence electrons. The van der Waals surface area contributed by atoms with Gasteiger partial charge in [-0.05, 0) is 66.9 Å². The first kappa shape index (κ1) is 22.6. The minimum atomic E-state index is -0.382. The van der Waals surface area contributed by atoms with Crippen LogP contribution in [0.1, 0.15) is 44.5 Å². The van der Waals surface area contributed by atoms with E-state index in [1.807, 2.05) is 86.6 Å². The molecule has 6 heteroatoms. The molecule has 0 unspecified atom stereocenters. The largest absolute Gasteiger partial charge is 0.496 e. The summed E-state index contributed by atoms with van der Waals surface area (Å²) in [4.78, 5) is 15.3. The van der Waals surface area contributed by atoms with Crippen LogP contribution in [0.3, 0.4) is 0 Å². The minimum Gasteiger partial charge on any atom is -0.496 e. The molecule has 2 heterocycles. The third kappa shape index (κ3) is 4.47. The van der Waals surface area contributed by atoms with Crippen LogP contribution in [0, 0.1) is 13.8 Å². The Bertz CT molecular complexity index is 1330. The molecule has 6 nitrogen and oxygen atoms in total. The second kappa shape index (κ2) is 9.58. The number of ether oxygens (including phenoxy) is 2. The molecule has 1 aromatic heterocycles. The van der Waals surface area contributed by atoms with E-state index >= 15 is 0 Å². The van der Waals surface area contributed by atoms with Gasteiger partial charge in [0.05, 0.1) is 25.5 Å². The van der Waals surface area contributed by atoms with Crippen molar-refractivity contribution in [3.05, 3.63) is 113 Å². The standard InChI is InChI=1S/C29H28N2O4/c1-19-8-6-9-20(2)27(19)35-18-22-16-21(13-14-26(22)33-3)28-30-25-12-5-4-11-24(25)29(32)31(28)17-23-10-7-15-34-23/h4-16,28,30H,17-18H2,1-3H3/t28-/m0/s1. The Hall–Kier alpha value is -4.19. The fourth-order valence-electron chi connectivity index (χ4n) is 4.55. The molecule has 0 saturated carbocycles. The smallest absolute Gasteiger partial charge is 0.258 e. The van der Waals surface area contributed by atoms with E-state index in [9.17, 15) is 4.79 Å². The van der Waals surface area contributed by atoms with Crippen LogP contribution in [-0.4, -0.2) is 17.9 Å². The van der Waals surface area contributed by atoms with Gasteiger partial charge in [-0.3, -0.25) is 4.79 Å². The molecule has 5 rings (SSSR count). The number of rotatable bonds is 7. The van der Waals surface area contributed by atoms with E-state index in [0.717, 1.165) is 45.2 Å². The fraction of sp³-hybridized carbons (Fsp3) is 0.207. The zero-order chi connectivity index (χ0) is 24.4. The molecule has 1 atom stereocenters. The number of aryl methyl sites for hydroxylation is 2. The number of fused-ring (bicyclic) bond motifs is 1. The van der Waals surface area contributed by atoms with Crippen molar-refractivity contribution in [1.29, 1.82) is 0 Å². The average molecular weight is 469 g/mol. The molecule has 1 N–H and O–H groups in total. The van der Waals surface area contributed by atoms with Crippen molar-refractivity contribution in [2.45, 2.75) is 33.2 Å². The van der Waals surface area contributed by atoms with E-state index < -0.39 is 0 Å². The lowest BCUT2D eigenvalue weighted by atomic mass is 10.0. The number of furan rings is 1. The number of nitrogens with zero attached hydrogens (tertiary/aromatic N) is 1. The Balaban J connectivity index is 1.50. The summed E-state index contributed by atoms with van der Waals surface area (Å²) in [5.41, 5.74) is 5.45. The summed E-state index contributed by atoms with van der Waals surface area (Å²) in [6.45, 7) is 4.77. The van der Waals surface area contributed by atoms with Crippen molar-refractivity contribution in [3.63, 3.8) is 0 Å². The van der Waals surface area contributed by atoms with E-state index in [0.29, 0.717) is 18.7 Å². The van der Waals surface area contributed by atoms with Crippen LogP contribution in [-0.2, 0) is 13.2 Å². The Labute approximate surface area is 205 Å². The molecular weight excluding hydrogens is 440 g/mol. The van der Waals surface area contributed by atoms with Gasteiger partial charge in [0.2, 0.25) is 0 Å². The van der Waals surface area contributed by atoms with E-state index in [-0.39, 0.29) is 12.1 Å². The molecule has 1 amide bonds. The van der Waals surface area contributed by atoms with Crippen LogP contribution in [0.15, 0.2) is 83.5 Å². The van der Waals surface area contributed by atoms with Crippen LogP contribution < -0.4 is 14.8 Å². The quantitative estimate of drug-likeness (QED) is 0.347. The van der Waals surface area contributed by atoms with Gasteiger partial charge < -0.3 is 24.1 Å². The van der Waals surface area contributed by atoms with E-state index in [2.05, 4.69) is 5.32 Å². The van der Waals surface area contributed by atoms with E-state index in [1.165, 1.54) is 0 Å². The molecule has 0 radical (unpaired) electrons. The van der Waals surface area contributed by atoms with Crippen molar-refractivity contribution in [1.82, 2.24) is 4.90 Å². The second-order valence-corrected chi connectivity index (χ2v) is 8.69. The monoisotopic (exact) mass is 468 g/mol. The first-order valence-electron chi connectivity index (χ1n) is 11.6. The number of methoxy groups -OCH3 is 1. The van der Waals surface area contributed by atoms with Crippen molar-refractivity contribution in [3.8, 4) is 11.5 Å². The lowest BCUT2D eigenvalue weighted by Gasteiger charge is -2.38. The Morgan fingerprint density at radius 1 is 0.971 bits per heavy atom. The fourth-order valence-corrected chi connectivity index (χ4v) is 4.55. The molecule has 0 saturated heterocycles. The molecular formula is C29H28N2O4. The molecule has 0 fully saturated rings. The van der Waals surface area contributed by atoms with Crippen LogP contribution in [0.5, 0.6) is 11.5 Å². The van der Waals surface area contributed by atoms with Crippen LogP contribution in [0.4, 0.5) is 5.69 Å². The number of hydrogen-bond donors (Lipinski definition) is 1. The maximum absolute atomic E-state index is 13.5. The van der Waals surface area contributed by atoms with E-state index in [1.54, 1.807) is 18.3 Å². The predicted molar refractivity (Wildman–Crippen MR) is 135 cm³/mol. The molecule has 0 spiro atoms. The Kier molecular flexibility index (Phi) is 6.19. The predicted octanol–water partition coefficient (Wildman–Crippen LogP) is 6.25. The highest BCUT2D eigenvalue weighted by Gasteiger charge is 2.33. The number of nitrogens with one attached hydrogen (secondary N) is 1. The summed E-state index contributed by atoms with van der Waals surface area (Å²) in [7, 11) is 1.65. The molecule has 1 aliphatic heterocycles. The van der Waals surface area contributed by atoms with Crippen LogP contribution >= 0.6 is 0 Å². The average Bonchev–Trinajstić information content (AvgIpc) is 3.38. The van der Waals surface area contributed by atoms with Crippen LogP contribution in [0.25, 0.3) is 0 Å². The molecule has 0 bridgehead atoms. The normalized spacial score (nSPS) is 14.9. The number of amides is 1. The van der Waals surface area contributed by atoms with Gasteiger partial charge in [0.15, 0.2) is 0 Å². The second-order valence-electron chi connectivity index (χ2n) is 8.69. The molecule has 3 aromatic carbocycles. The van der Waals surface area contributed by atoms with Gasteiger partial charge in [-0.15, -0.1) is 0 Å². The molecule has 1 aliphatic rings. The highest BCUT2D eigenvalue weighted by atomic mass is 16.5. The molecule has 0 aliphatic carbocycles. The van der Waals surface area contributed by atoms with Gasteiger partial charge in [-0.2, -0.15) is 0 Å². The number of carbonyl (C=O) groups is 1. The maximum Gasteiger partial charge on any atom is 0.258 e. The number of hydrogen-bond acceptors (Lipinski definition) is 5. The number of benzene rings is 3. The van der Waals surface area contributed by atoms with Crippen LogP contribution in [0.2, 0.25) is 0 Å². The summed E-state index contributed by atoms with van der Waals surface area (Å²) in [6.07, 6.45) is 1.24.